The summed E-state index contributed by atoms with van der Waals surface area (Å²) in [6.45, 7) is 2.71. The molecule has 0 radical (unpaired) electrons. The predicted octanol–water partition coefficient (Wildman–Crippen LogP) is 2.75. The van der Waals surface area contributed by atoms with Gasteiger partial charge in [-0.25, -0.2) is 0 Å². The van der Waals surface area contributed by atoms with Crippen LogP contribution in [-0.4, -0.2) is 49.8 Å². The zero-order valence-electron chi connectivity index (χ0n) is 12.8. The Morgan fingerprint density at radius 1 is 1.15 bits per heavy atom. The summed E-state index contributed by atoms with van der Waals surface area (Å²) in [5.41, 5.74) is 0. The number of carbonyl (C=O) groups is 1. The van der Waals surface area contributed by atoms with Gasteiger partial charge in [0.25, 0.3) is 0 Å². The van der Waals surface area contributed by atoms with E-state index in [1.165, 1.54) is 58.5 Å². The normalized spacial score (nSPS) is 24.8. The van der Waals surface area contributed by atoms with Gasteiger partial charge in [-0.05, 0) is 25.7 Å². The van der Waals surface area contributed by atoms with E-state index >= 15 is 0 Å². The van der Waals surface area contributed by atoms with Gasteiger partial charge in [-0.15, -0.1) is 0 Å². The maximum Gasteiger partial charge on any atom is 0.306 e. The second-order valence-electron chi connectivity index (χ2n) is 6.10. The smallest absolute Gasteiger partial charge is 0.306 e. The number of rotatable bonds is 6. The predicted molar refractivity (Wildman–Crippen MR) is 78.7 cm³/mol. The summed E-state index contributed by atoms with van der Waals surface area (Å²) in [5.74, 6) is -0.101. The highest BCUT2D eigenvalue weighted by Gasteiger charge is 2.25. The second kappa shape index (κ2) is 8.63. The van der Waals surface area contributed by atoms with Gasteiger partial charge < -0.3 is 9.47 Å². The summed E-state index contributed by atoms with van der Waals surface area (Å²) in [5, 5.41) is 0. The van der Waals surface area contributed by atoms with Crippen LogP contribution in [-0.2, 0) is 14.3 Å². The Hall–Kier alpha value is -0.610. The number of nitrogens with zero attached hydrogens (tertiary/aromatic N) is 1. The first-order chi connectivity index (χ1) is 9.79. The van der Waals surface area contributed by atoms with Gasteiger partial charge in [0.1, 0.15) is 0 Å². The Morgan fingerprint density at radius 3 is 2.50 bits per heavy atom. The van der Waals surface area contributed by atoms with E-state index in [-0.39, 0.29) is 5.97 Å². The fourth-order valence-electron chi connectivity index (χ4n) is 3.43. The molecule has 1 atom stereocenters. The van der Waals surface area contributed by atoms with Crippen molar-refractivity contribution in [2.45, 2.75) is 69.9 Å². The highest BCUT2D eigenvalue weighted by molar-refractivity contribution is 5.69. The zero-order chi connectivity index (χ0) is 14.2. The standard InChI is InChI=1S/C16H29NO3/c1-19-16(18)10-11-17(13-15-9-6-12-20-15)14-7-4-2-3-5-8-14/h14-15H,2-13H2,1H3. The van der Waals surface area contributed by atoms with Crippen molar-refractivity contribution in [2.24, 2.45) is 0 Å². The fraction of sp³-hybridized carbons (Fsp3) is 0.938. The summed E-state index contributed by atoms with van der Waals surface area (Å²) in [6, 6.07) is 0.631. The SMILES string of the molecule is COC(=O)CCN(CC1CCCO1)C1CCCCCC1. The molecule has 20 heavy (non-hydrogen) atoms. The van der Waals surface area contributed by atoms with Crippen LogP contribution in [0.4, 0.5) is 0 Å². The number of methoxy groups -OCH3 is 1. The average Bonchev–Trinajstić information content (AvgIpc) is 2.83. The van der Waals surface area contributed by atoms with E-state index in [0.717, 1.165) is 19.7 Å². The molecule has 0 aromatic carbocycles. The van der Waals surface area contributed by atoms with E-state index in [1.54, 1.807) is 0 Å². The topological polar surface area (TPSA) is 38.8 Å². The fourth-order valence-corrected chi connectivity index (χ4v) is 3.43. The van der Waals surface area contributed by atoms with Gasteiger partial charge in [0.05, 0.1) is 19.6 Å². The maximum atomic E-state index is 11.4. The molecule has 1 unspecified atom stereocenters. The monoisotopic (exact) mass is 283 g/mol. The molecule has 4 nitrogen and oxygen atoms in total. The zero-order valence-corrected chi connectivity index (χ0v) is 12.8. The van der Waals surface area contributed by atoms with E-state index < -0.39 is 0 Å². The molecule has 2 aliphatic rings. The van der Waals surface area contributed by atoms with Crippen LogP contribution in [0.2, 0.25) is 0 Å². The summed E-state index contributed by atoms with van der Waals surface area (Å²) < 4.78 is 10.6. The van der Waals surface area contributed by atoms with Gasteiger partial charge in [0.15, 0.2) is 0 Å². The quantitative estimate of drug-likeness (QED) is 0.555. The third-order valence-corrected chi connectivity index (χ3v) is 4.63. The number of ether oxygens (including phenoxy) is 2. The van der Waals surface area contributed by atoms with Crippen molar-refractivity contribution in [3.05, 3.63) is 0 Å². The van der Waals surface area contributed by atoms with Crippen LogP contribution in [0.15, 0.2) is 0 Å². The van der Waals surface area contributed by atoms with Gasteiger partial charge >= 0.3 is 5.97 Å². The number of esters is 1. The summed E-state index contributed by atoms with van der Waals surface area (Å²) in [7, 11) is 1.47. The van der Waals surface area contributed by atoms with Crippen LogP contribution in [0.5, 0.6) is 0 Å². The molecule has 2 fully saturated rings. The Labute approximate surface area is 122 Å². The summed E-state index contributed by atoms with van der Waals surface area (Å²) in [6.07, 6.45) is 11.1. The summed E-state index contributed by atoms with van der Waals surface area (Å²) in [4.78, 5) is 13.9. The van der Waals surface area contributed by atoms with Crippen molar-refractivity contribution >= 4 is 5.97 Å². The number of carbonyl (C=O) groups excluding carboxylic acids is 1. The van der Waals surface area contributed by atoms with Crippen molar-refractivity contribution in [3.63, 3.8) is 0 Å². The van der Waals surface area contributed by atoms with Crippen molar-refractivity contribution in [2.75, 3.05) is 26.8 Å². The molecule has 1 saturated heterocycles. The molecule has 1 saturated carbocycles. The molecule has 0 amide bonds. The van der Waals surface area contributed by atoms with Crippen molar-refractivity contribution in [1.82, 2.24) is 4.90 Å². The number of hydrogen-bond acceptors (Lipinski definition) is 4. The van der Waals surface area contributed by atoms with Gasteiger partial charge in [0, 0.05) is 25.7 Å². The first kappa shape index (κ1) is 15.8. The van der Waals surface area contributed by atoms with Crippen LogP contribution in [0, 0.1) is 0 Å². The molecule has 1 aliphatic heterocycles. The van der Waals surface area contributed by atoms with E-state index in [1.807, 2.05) is 0 Å². The second-order valence-corrected chi connectivity index (χ2v) is 6.10. The highest BCUT2D eigenvalue weighted by atomic mass is 16.5. The molecule has 0 spiro atoms. The first-order valence-electron chi connectivity index (χ1n) is 8.22. The van der Waals surface area contributed by atoms with Gasteiger partial charge in [-0.1, -0.05) is 25.7 Å². The van der Waals surface area contributed by atoms with Gasteiger partial charge in [0.2, 0.25) is 0 Å². The Balaban J connectivity index is 1.88. The van der Waals surface area contributed by atoms with Crippen LogP contribution in [0.1, 0.15) is 57.8 Å². The van der Waals surface area contributed by atoms with E-state index in [9.17, 15) is 4.79 Å². The molecular weight excluding hydrogens is 254 g/mol. The van der Waals surface area contributed by atoms with E-state index in [2.05, 4.69) is 4.90 Å². The Morgan fingerprint density at radius 2 is 1.90 bits per heavy atom. The third kappa shape index (κ3) is 5.06. The van der Waals surface area contributed by atoms with Crippen LogP contribution >= 0.6 is 0 Å². The first-order valence-corrected chi connectivity index (χ1v) is 8.22. The van der Waals surface area contributed by atoms with Crippen LogP contribution < -0.4 is 0 Å². The molecule has 0 aromatic rings. The van der Waals surface area contributed by atoms with Gasteiger partial charge in [-0.2, -0.15) is 0 Å². The summed E-state index contributed by atoms with van der Waals surface area (Å²) >= 11 is 0. The largest absolute Gasteiger partial charge is 0.469 e. The lowest BCUT2D eigenvalue weighted by Gasteiger charge is -2.32. The Bertz CT molecular complexity index is 281. The lowest BCUT2D eigenvalue weighted by Crippen LogP contribution is -2.41. The lowest BCUT2D eigenvalue weighted by atomic mass is 10.1. The molecule has 4 heteroatoms. The lowest BCUT2D eigenvalue weighted by molar-refractivity contribution is -0.141. The number of hydrogen-bond donors (Lipinski definition) is 0. The molecular formula is C16H29NO3. The van der Waals surface area contributed by atoms with E-state index in [4.69, 9.17) is 9.47 Å². The molecule has 0 N–H and O–H groups in total. The molecule has 0 aromatic heterocycles. The van der Waals surface area contributed by atoms with E-state index in [0.29, 0.717) is 18.6 Å². The minimum atomic E-state index is -0.101. The van der Waals surface area contributed by atoms with Crippen molar-refractivity contribution in [1.29, 1.82) is 0 Å². The van der Waals surface area contributed by atoms with Gasteiger partial charge in [-0.3, -0.25) is 9.69 Å². The van der Waals surface area contributed by atoms with Crippen LogP contribution in [0.3, 0.4) is 0 Å². The maximum absolute atomic E-state index is 11.4. The molecule has 1 heterocycles. The minimum Gasteiger partial charge on any atom is -0.469 e. The van der Waals surface area contributed by atoms with Crippen molar-refractivity contribution < 1.29 is 14.3 Å². The minimum absolute atomic E-state index is 0.101. The third-order valence-electron chi connectivity index (χ3n) is 4.63. The Kier molecular flexibility index (Phi) is 6.80. The molecule has 0 bridgehead atoms. The molecule has 116 valence electrons. The van der Waals surface area contributed by atoms with Crippen LogP contribution in [0.25, 0.3) is 0 Å². The molecule has 1 aliphatic carbocycles. The highest BCUT2D eigenvalue weighted by Crippen LogP contribution is 2.24. The molecule has 2 rings (SSSR count). The average molecular weight is 283 g/mol. The van der Waals surface area contributed by atoms with Crippen molar-refractivity contribution in [3.8, 4) is 0 Å².